The summed E-state index contributed by atoms with van der Waals surface area (Å²) in [5.41, 5.74) is -1.36. The highest BCUT2D eigenvalue weighted by molar-refractivity contribution is 7.90. The first-order chi connectivity index (χ1) is 9.83. The monoisotopic (exact) mass is 324 g/mol. The van der Waals surface area contributed by atoms with Gasteiger partial charge in [-0.25, -0.2) is 4.39 Å². The molecule has 1 aromatic rings. The standard InChI is InChI=1S/C14H20F3NO2S/c1-9(18-21(20)13(2,3)4)10-6-5-7-11(12(10)15)14(16,17)8-19/h5-7,9,18-19H,8H2,1-4H3/t9-,21?/m0/s1/i9D. The maximum absolute atomic E-state index is 14.3. The zero-order chi connectivity index (χ0) is 17.3. The second-order valence-corrected chi connectivity index (χ2v) is 7.60. The predicted octanol–water partition coefficient (Wildman–Crippen LogP) is 3.02. The molecule has 0 heterocycles. The molecule has 0 bridgehead atoms. The topological polar surface area (TPSA) is 55.3 Å². The Morgan fingerprint density at radius 1 is 1.43 bits per heavy atom. The van der Waals surface area contributed by atoms with E-state index in [0.717, 1.165) is 6.07 Å². The summed E-state index contributed by atoms with van der Waals surface area (Å²) in [5.74, 6) is -5.04. The molecule has 1 aromatic carbocycles. The van der Waals surface area contributed by atoms with Gasteiger partial charge in [-0.1, -0.05) is 12.1 Å². The third-order valence-electron chi connectivity index (χ3n) is 2.80. The lowest BCUT2D eigenvalue weighted by Crippen LogP contribution is -2.40. The van der Waals surface area contributed by atoms with Crippen LogP contribution in [0.15, 0.2) is 18.2 Å². The Morgan fingerprint density at radius 3 is 2.48 bits per heavy atom. The van der Waals surface area contributed by atoms with E-state index in [0.29, 0.717) is 0 Å². The summed E-state index contributed by atoms with van der Waals surface area (Å²) < 4.78 is 63.4. The normalized spacial score (nSPS) is 18.0. The van der Waals surface area contributed by atoms with Gasteiger partial charge >= 0.3 is 0 Å². The molecule has 0 spiro atoms. The Morgan fingerprint density at radius 2 is 2.00 bits per heavy atom. The van der Waals surface area contributed by atoms with Gasteiger partial charge in [0.15, 0.2) is 0 Å². The van der Waals surface area contributed by atoms with E-state index in [1.54, 1.807) is 20.8 Å². The summed E-state index contributed by atoms with van der Waals surface area (Å²) in [5, 5.41) is 8.69. The second kappa shape index (κ2) is 6.56. The van der Waals surface area contributed by atoms with Gasteiger partial charge in [-0.3, -0.25) is 0 Å². The molecule has 0 radical (unpaired) electrons. The summed E-state index contributed by atoms with van der Waals surface area (Å²) in [4.78, 5) is 0. The highest BCUT2D eigenvalue weighted by Gasteiger charge is 2.36. The van der Waals surface area contributed by atoms with Gasteiger partial charge in [-0.15, -0.1) is 4.72 Å². The minimum atomic E-state index is -3.75. The fourth-order valence-corrected chi connectivity index (χ4v) is 2.23. The van der Waals surface area contributed by atoms with E-state index in [9.17, 15) is 17.7 Å². The third-order valence-corrected chi connectivity index (χ3v) is 4.40. The van der Waals surface area contributed by atoms with Crippen LogP contribution in [-0.2, 0) is 17.3 Å². The fraction of sp³-hybridized carbons (Fsp3) is 0.571. The molecule has 2 N–H and O–H groups in total. The van der Waals surface area contributed by atoms with Crippen molar-refractivity contribution in [2.45, 2.75) is 44.4 Å². The lowest BCUT2D eigenvalue weighted by atomic mass is 10.0. The molecule has 0 saturated heterocycles. The van der Waals surface area contributed by atoms with Crippen molar-refractivity contribution in [1.29, 1.82) is 0 Å². The summed E-state index contributed by atoms with van der Waals surface area (Å²) in [7, 11) is 0. The van der Waals surface area contributed by atoms with E-state index >= 15 is 0 Å². The van der Waals surface area contributed by atoms with Crippen molar-refractivity contribution in [1.82, 2.24) is 4.72 Å². The largest absolute Gasteiger partial charge is 0.598 e. The Bertz CT molecular complexity index is 535. The van der Waals surface area contributed by atoms with Crippen molar-refractivity contribution in [3.8, 4) is 0 Å². The molecule has 0 saturated carbocycles. The highest BCUT2D eigenvalue weighted by atomic mass is 32.2. The van der Waals surface area contributed by atoms with Crippen LogP contribution in [0.5, 0.6) is 0 Å². The van der Waals surface area contributed by atoms with Crippen LogP contribution in [0.25, 0.3) is 0 Å². The van der Waals surface area contributed by atoms with Gasteiger partial charge in [0, 0.05) is 16.9 Å². The van der Waals surface area contributed by atoms with Gasteiger partial charge in [-0.05, 0) is 33.8 Å². The number of nitrogens with one attached hydrogen (secondary N) is 1. The van der Waals surface area contributed by atoms with Crippen LogP contribution in [0.4, 0.5) is 13.2 Å². The summed E-state index contributed by atoms with van der Waals surface area (Å²) in [6, 6.07) is 1.33. The Balaban J connectivity index is 3.24. The van der Waals surface area contributed by atoms with Crippen LogP contribution < -0.4 is 4.72 Å². The Labute approximate surface area is 127 Å². The summed E-state index contributed by atoms with van der Waals surface area (Å²) >= 11 is -1.69. The quantitative estimate of drug-likeness (QED) is 0.819. The summed E-state index contributed by atoms with van der Waals surface area (Å²) in [6.07, 6.45) is 0. The molecule has 1 rings (SSSR count). The number of halogens is 3. The summed E-state index contributed by atoms with van der Waals surface area (Å²) in [6.45, 7) is 4.69. The molecule has 7 heteroatoms. The number of benzene rings is 1. The molecule has 3 nitrogen and oxygen atoms in total. The van der Waals surface area contributed by atoms with Crippen molar-refractivity contribution >= 4 is 11.4 Å². The molecule has 0 aliphatic heterocycles. The lowest BCUT2D eigenvalue weighted by Gasteiger charge is -2.27. The molecule has 120 valence electrons. The van der Waals surface area contributed by atoms with Crippen LogP contribution in [0.2, 0.25) is 0 Å². The molecular formula is C14H20F3NO2S. The molecule has 0 aliphatic rings. The molecule has 0 amide bonds. The minimum absolute atomic E-state index is 0.365. The van der Waals surface area contributed by atoms with Crippen LogP contribution in [0, 0.1) is 5.82 Å². The zero-order valence-corrected chi connectivity index (χ0v) is 13.2. The number of aliphatic hydroxyl groups is 1. The van der Waals surface area contributed by atoms with Gasteiger partial charge in [0.25, 0.3) is 5.92 Å². The van der Waals surface area contributed by atoms with E-state index in [4.69, 9.17) is 6.48 Å². The van der Waals surface area contributed by atoms with E-state index in [2.05, 4.69) is 4.72 Å². The van der Waals surface area contributed by atoms with E-state index < -0.39 is 46.0 Å². The van der Waals surface area contributed by atoms with Crippen LogP contribution in [0.3, 0.4) is 0 Å². The predicted molar refractivity (Wildman–Crippen MR) is 76.8 cm³/mol. The SMILES string of the molecule is [2H][C@@](C)(N[S+]([O-])C(C)(C)C)c1cccc(C(F)(F)CO)c1F. The molecular weight excluding hydrogens is 303 g/mol. The fourth-order valence-electron chi connectivity index (χ4n) is 1.54. The van der Waals surface area contributed by atoms with E-state index in [-0.39, 0.29) is 5.56 Å². The maximum atomic E-state index is 14.3. The molecule has 2 atom stereocenters. The van der Waals surface area contributed by atoms with Crippen LogP contribution in [-0.4, -0.2) is 21.0 Å². The first-order valence-electron chi connectivity index (χ1n) is 6.81. The molecule has 0 aliphatic carbocycles. The van der Waals surface area contributed by atoms with Crippen molar-refractivity contribution in [3.63, 3.8) is 0 Å². The molecule has 21 heavy (non-hydrogen) atoms. The zero-order valence-electron chi connectivity index (χ0n) is 13.3. The van der Waals surface area contributed by atoms with Gasteiger partial charge in [0.05, 0.1) is 13.0 Å². The molecule has 0 fully saturated rings. The Kier molecular flexibility index (Phi) is 5.19. The average molecular weight is 324 g/mol. The van der Waals surface area contributed by atoms with Gasteiger partial charge < -0.3 is 9.66 Å². The lowest BCUT2D eigenvalue weighted by molar-refractivity contribution is -0.0584. The van der Waals surface area contributed by atoms with Crippen LogP contribution in [0.1, 0.15) is 46.2 Å². The highest BCUT2D eigenvalue weighted by Crippen LogP contribution is 2.32. The third kappa shape index (κ3) is 4.35. The number of hydrogen-bond donors (Lipinski definition) is 2. The van der Waals surface area contributed by atoms with Crippen molar-refractivity contribution in [2.24, 2.45) is 0 Å². The van der Waals surface area contributed by atoms with Crippen molar-refractivity contribution < 1.29 is 24.2 Å². The van der Waals surface area contributed by atoms with Crippen LogP contribution >= 0.6 is 0 Å². The number of aliphatic hydroxyl groups excluding tert-OH is 1. The molecule has 0 aromatic heterocycles. The average Bonchev–Trinajstić information content (AvgIpc) is 2.36. The molecule has 1 unspecified atom stereocenters. The number of rotatable bonds is 5. The Hall–Kier alpha value is -0.760. The van der Waals surface area contributed by atoms with Gasteiger partial charge in [0.1, 0.15) is 17.2 Å². The number of hydrogen-bond acceptors (Lipinski definition) is 3. The second-order valence-electron chi connectivity index (χ2n) is 5.64. The first kappa shape index (κ1) is 16.6. The smallest absolute Gasteiger partial charge is 0.298 e. The first-order valence-corrected chi connectivity index (χ1v) is 7.46. The van der Waals surface area contributed by atoms with Crippen molar-refractivity contribution in [2.75, 3.05) is 6.61 Å². The van der Waals surface area contributed by atoms with E-state index in [1.807, 2.05) is 0 Å². The van der Waals surface area contributed by atoms with Gasteiger partial charge in [-0.2, -0.15) is 8.78 Å². The van der Waals surface area contributed by atoms with Gasteiger partial charge in [0.2, 0.25) is 0 Å². The van der Waals surface area contributed by atoms with Crippen molar-refractivity contribution in [3.05, 3.63) is 35.1 Å². The number of alkyl halides is 2. The minimum Gasteiger partial charge on any atom is -0.598 e. The van der Waals surface area contributed by atoms with E-state index in [1.165, 1.54) is 19.1 Å². The maximum Gasteiger partial charge on any atom is 0.298 e.